The lowest BCUT2D eigenvalue weighted by Gasteiger charge is -2.41. The van der Waals surface area contributed by atoms with Crippen molar-refractivity contribution in [3.05, 3.63) is 162 Å². The van der Waals surface area contributed by atoms with E-state index in [-0.39, 0.29) is 23.0 Å². The number of fused-ring (bicyclic) bond motifs is 2. The number of hydrogen-bond acceptors (Lipinski definition) is 8. The Kier molecular flexibility index (Phi) is 8.16. The molecule has 1 spiro atoms. The van der Waals surface area contributed by atoms with E-state index in [1.807, 2.05) is 24.3 Å². The Morgan fingerprint density at radius 3 is 1.28 bits per heavy atom. The summed E-state index contributed by atoms with van der Waals surface area (Å²) in [4.78, 5) is 4.85. The predicted molar refractivity (Wildman–Crippen MR) is 182 cm³/mol. The highest BCUT2D eigenvalue weighted by molar-refractivity contribution is 7.89. The van der Waals surface area contributed by atoms with E-state index in [1.165, 1.54) is 97.1 Å². The van der Waals surface area contributed by atoms with Gasteiger partial charge in [-0.05, 0) is 120 Å². The summed E-state index contributed by atoms with van der Waals surface area (Å²) in [5, 5.41) is 1.68. The smallest absolute Gasteiger partial charge is 0.440 e. The fraction of sp³-hybridized carbons (Fsp3) is 0. The maximum atomic E-state index is 14.0. The Bertz CT molecular complexity index is 2180. The SMILES string of the molecule is Fc1ccc(OP2(Oc3ccc(F)cc3)=N[P+](Oc3ccc(F)cc3)(Oc3ccc(F)cc3)N=P3([N-]2)Oc2cc4ccccc4cc2O3)cc1. The lowest BCUT2D eigenvalue weighted by Crippen LogP contribution is -2.13. The third-order valence-corrected chi connectivity index (χ3v) is 15.2. The van der Waals surface area contributed by atoms with Gasteiger partial charge >= 0.3 is 8.02 Å². The first kappa shape index (κ1) is 32.2. The zero-order valence-electron chi connectivity index (χ0n) is 25.3. The molecule has 0 N–H and O–H groups in total. The summed E-state index contributed by atoms with van der Waals surface area (Å²) < 4.78 is 104. The molecule has 0 fully saturated rings. The Balaban J connectivity index is 1.36. The second-order valence-corrected chi connectivity index (χ2v) is 16.9. The summed E-state index contributed by atoms with van der Waals surface area (Å²) in [7, 11) is -12.4. The van der Waals surface area contributed by atoms with Crippen LogP contribution in [0.1, 0.15) is 0 Å². The van der Waals surface area contributed by atoms with Gasteiger partial charge in [0.25, 0.3) is 15.3 Å². The van der Waals surface area contributed by atoms with Crippen molar-refractivity contribution < 1.29 is 44.7 Å². The van der Waals surface area contributed by atoms with Crippen LogP contribution in [0.4, 0.5) is 17.6 Å². The molecular weight excluding hydrogens is 715 g/mol. The molecule has 50 heavy (non-hydrogen) atoms. The molecule has 2 aliphatic heterocycles. The molecule has 0 saturated carbocycles. The van der Waals surface area contributed by atoms with Gasteiger partial charge in [0.1, 0.15) is 34.8 Å². The van der Waals surface area contributed by atoms with E-state index in [0.717, 1.165) is 10.8 Å². The van der Waals surface area contributed by atoms with Gasteiger partial charge in [-0.3, -0.25) is 9.05 Å². The zero-order valence-corrected chi connectivity index (χ0v) is 28.0. The molecule has 0 radical (unpaired) electrons. The van der Waals surface area contributed by atoms with Gasteiger partial charge in [0.05, 0.1) is 0 Å². The van der Waals surface area contributed by atoms with Crippen LogP contribution in [0.2, 0.25) is 0 Å². The van der Waals surface area contributed by atoms with Crippen LogP contribution < -0.4 is 27.1 Å². The summed E-state index contributed by atoms with van der Waals surface area (Å²) in [5.41, 5.74) is 0. The molecule has 252 valence electrons. The van der Waals surface area contributed by atoms with Crippen molar-refractivity contribution in [3.63, 3.8) is 0 Å². The van der Waals surface area contributed by atoms with Gasteiger partial charge in [-0.25, -0.2) is 17.6 Å². The predicted octanol–water partition coefficient (Wildman–Crippen LogP) is 12.4. The molecule has 6 aromatic rings. The number of hydrogen-bond donors (Lipinski definition) is 0. The second-order valence-electron chi connectivity index (χ2n) is 10.7. The maximum Gasteiger partial charge on any atom is 0.629 e. The zero-order chi connectivity index (χ0) is 34.3. The summed E-state index contributed by atoms with van der Waals surface area (Å²) in [6, 6.07) is 31.1. The van der Waals surface area contributed by atoms with E-state index >= 15 is 0 Å². The minimum Gasteiger partial charge on any atom is -0.440 e. The van der Waals surface area contributed by atoms with E-state index < -0.39 is 46.6 Å². The van der Waals surface area contributed by atoms with Gasteiger partial charge in [0.2, 0.25) is 0 Å². The van der Waals surface area contributed by atoms with Crippen molar-refractivity contribution in [1.29, 1.82) is 0 Å². The van der Waals surface area contributed by atoms with Crippen LogP contribution in [-0.2, 0) is 0 Å². The highest BCUT2D eigenvalue weighted by Gasteiger charge is 2.58. The van der Waals surface area contributed by atoms with Crippen LogP contribution in [0.25, 0.3) is 15.6 Å². The molecule has 2 aliphatic rings. The summed E-state index contributed by atoms with van der Waals surface area (Å²) in [6.45, 7) is 0. The van der Waals surface area contributed by atoms with Crippen molar-refractivity contribution in [1.82, 2.24) is 0 Å². The van der Waals surface area contributed by atoms with Gasteiger partial charge < -0.3 is 23.0 Å². The molecule has 6 aromatic carbocycles. The lowest BCUT2D eigenvalue weighted by atomic mass is 10.1. The van der Waals surface area contributed by atoms with Crippen molar-refractivity contribution in [2.45, 2.75) is 0 Å². The lowest BCUT2D eigenvalue weighted by molar-refractivity contribution is 0.448. The molecule has 9 nitrogen and oxygen atoms in total. The normalized spacial score (nSPS) is 16.2. The van der Waals surface area contributed by atoms with E-state index in [1.54, 1.807) is 12.1 Å². The van der Waals surface area contributed by atoms with Crippen LogP contribution in [0, 0.1) is 23.3 Å². The van der Waals surface area contributed by atoms with Crippen molar-refractivity contribution in [3.8, 4) is 34.5 Å². The number of benzene rings is 6. The Morgan fingerprint density at radius 1 is 0.500 bits per heavy atom. The summed E-state index contributed by atoms with van der Waals surface area (Å²) >= 11 is 0. The Morgan fingerprint density at radius 2 is 0.880 bits per heavy atom. The molecule has 0 aliphatic carbocycles. The fourth-order valence-electron chi connectivity index (χ4n) is 4.89. The van der Waals surface area contributed by atoms with Gasteiger partial charge in [-0.15, -0.1) is 0 Å². The first-order valence-corrected chi connectivity index (χ1v) is 19.4. The average Bonchev–Trinajstić information content (AvgIpc) is 3.42. The van der Waals surface area contributed by atoms with Gasteiger partial charge in [-0.2, -0.15) is 0 Å². The van der Waals surface area contributed by atoms with Crippen LogP contribution in [0.3, 0.4) is 0 Å². The largest absolute Gasteiger partial charge is 0.629 e. The van der Waals surface area contributed by atoms with Gasteiger partial charge in [-0.1, -0.05) is 24.3 Å². The van der Waals surface area contributed by atoms with E-state index in [2.05, 4.69) is 0 Å². The molecule has 0 amide bonds. The fourth-order valence-corrected chi connectivity index (χ4v) is 14.0. The number of rotatable bonds is 8. The molecule has 0 bridgehead atoms. The van der Waals surface area contributed by atoms with Crippen LogP contribution in [0.15, 0.2) is 142 Å². The van der Waals surface area contributed by atoms with E-state index in [0.29, 0.717) is 11.5 Å². The average molecular weight is 737 g/mol. The van der Waals surface area contributed by atoms with Crippen LogP contribution >= 0.6 is 23.3 Å². The van der Waals surface area contributed by atoms with Crippen molar-refractivity contribution >= 4 is 34.1 Å². The number of halogens is 4. The maximum absolute atomic E-state index is 14.0. The molecule has 0 atom stereocenters. The standard InChI is InChI=1S/C34H22F4N3O6P3/c35-25-5-13-29(14-6-25)42-48(43-30-15-7-26(36)8-16-30)39-49(44-31-17-9-27(37)10-18-31,45-32-19-11-28(38)12-20-32)41-50(40-48)46-33-21-23-3-1-2-4-24(23)22-34(33)47-50/h1-22H. The molecule has 8 rings (SSSR count). The van der Waals surface area contributed by atoms with Crippen LogP contribution in [0.5, 0.6) is 34.5 Å². The topological polar surface area (TPSA) is 94.2 Å². The highest BCUT2D eigenvalue weighted by Crippen LogP contribution is 2.88. The molecule has 0 aromatic heterocycles. The van der Waals surface area contributed by atoms with Gasteiger partial charge in [0.15, 0.2) is 23.0 Å². The highest BCUT2D eigenvalue weighted by atomic mass is 31.3. The molecule has 16 heteroatoms. The van der Waals surface area contributed by atoms with E-state index in [4.69, 9.17) is 41.0 Å². The second kappa shape index (κ2) is 12.7. The summed E-state index contributed by atoms with van der Waals surface area (Å²) in [5.74, 6) is -1.21. The van der Waals surface area contributed by atoms with Crippen LogP contribution in [-0.4, -0.2) is 0 Å². The minimum atomic E-state index is -4.21. The molecule has 0 saturated heterocycles. The minimum absolute atomic E-state index is 0.0820. The first-order chi connectivity index (χ1) is 24.1. The van der Waals surface area contributed by atoms with Crippen molar-refractivity contribution in [2.75, 3.05) is 0 Å². The molecule has 2 heterocycles. The van der Waals surface area contributed by atoms with E-state index in [9.17, 15) is 17.6 Å². The van der Waals surface area contributed by atoms with Crippen molar-refractivity contribution in [2.24, 2.45) is 9.03 Å². The summed E-state index contributed by atoms with van der Waals surface area (Å²) in [6.07, 6.45) is 0. The quantitative estimate of drug-likeness (QED) is 0.114. The Hall–Kier alpha value is -5.05. The monoisotopic (exact) mass is 737 g/mol. The number of nitrogens with zero attached hydrogens (tertiary/aromatic N) is 3. The third-order valence-electron chi connectivity index (χ3n) is 7.08. The third kappa shape index (κ3) is 6.73. The molecule has 0 unspecified atom stereocenters. The van der Waals surface area contributed by atoms with Gasteiger partial charge in [0, 0.05) is 9.03 Å². The Labute approximate surface area is 283 Å². The molecular formula is C34H22F4N3O6P3. The first-order valence-electron chi connectivity index (χ1n) is 14.8.